The fourth-order valence-electron chi connectivity index (χ4n) is 1.17. The van der Waals surface area contributed by atoms with Gasteiger partial charge in [0, 0.05) is 11.5 Å². The van der Waals surface area contributed by atoms with E-state index in [1.165, 1.54) is 5.56 Å². The van der Waals surface area contributed by atoms with Crippen LogP contribution in [0.5, 0.6) is 0 Å². The summed E-state index contributed by atoms with van der Waals surface area (Å²) in [7, 11) is 0. The van der Waals surface area contributed by atoms with Gasteiger partial charge in [0.05, 0.1) is 18.2 Å². The van der Waals surface area contributed by atoms with E-state index in [2.05, 4.69) is 6.07 Å². The third-order valence-corrected chi connectivity index (χ3v) is 2.95. The first-order valence-electron chi connectivity index (χ1n) is 4.46. The average molecular weight is 207 g/mol. The molecule has 14 heavy (non-hydrogen) atoms. The van der Waals surface area contributed by atoms with E-state index >= 15 is 0 Å². The lowest BCUT2D eigenvalue weighted by Gasteiger charge is -2.04. The van der Waals surface area contributed by atoms with Gasteiger partial charge in [-0.25, -0.2) is 0 Å². The van der Waals surface area contributed by atoms with Crippen molar-refractivity contribution < 1.29 is 5.11 Å². The summed E-state index contributed by atoms with van der Waals surface area (Å²) < 4.78 is 0. The second-order valence-electron chi connectivity index (χ2n) is 3.03. The number of aryl methyl sites for hydroxylation is 1. The van der Waals surface area contributed by atoms with Crippen molar-refractivity contribution in [3.63, 3.8) is 0 Å². The Kier molecular flexibility index (Phi) is 4.51. The number of aliphatic hydroxyl groups is 1. The summed E-state index contributed by atoms with van der Waals surface area (Å²) in [5.74, 6) is 1.66. The van der Waals surface area contributed by atoms with Crippen LogP contribution in [0, 0.1) is 18.3 Å². The zero-order chi connectivity index (χ0) is 10.4. The quantitative estimate of drug-likeness (QED) is 0.769. The van der Waals surface area contributed by atoms with E-state index in [0.717, 1.165) is 17.1 Å². The first-order valence-corrected chi connectivity index (χ1v) is 5.61. The van der Waals surface area contributed by atoms with Gasteiger partial charge in [-0.2, -0.15) is 17.0 Å². The maximum atomic E-state index is 8.68. The molecule has 0 aromatic heterocycles. The van der Waals surface area contributed by atoms with Gasteiger partial charge in [0.1, 0.15) is 0 Å². The number of thioether (sulfide) groups is 1. The molecule has 0 aliphatic heterocycles. The van der Waals surface area contributed by atoms with Crippen molar-refractivity contribution in [1.82, 2.24) is 0 Å². The number of benzene rings is 1. The summed E-state index contributed by atoms with van der Waals surface area (Å²) >= 11 is 1.70. The Balaban J connectivity index is 2.65. The Labute approximate surface area is 88.6 Å². The minimum Gasteiger partial charge on any atom is -0.396 e. The smallest absolute Gasteiger partial charge is 0.0991 e. The van der Waals surface area contributed by atoms with Gasteiger partial charge in [0.2, 0.25) is 0 Å². The van der Waals surface area contributed by atoms with Gasteiger partial charge in [-0.15, -0.1) is 0 Å². The zero-order valence-electron chi connectivity index (χ0n) is 8.16. The molecule has 0 saturated carbocycles. The van der Waals surface area contributed by atoms with Gasteiger partial charge in [-0.3, -0.25) is 0 Å². The highest BCUT2D eigenvalue weighted by atomic mass is 32.2. The highest BCUT2D eigenvalue weighted by Crippen LogP contribution is 2.17. The zero-order valence-corrected chi connectivity index (χ0v) is 8.97. The summed E-state index contributed by atoms with van der Waals surface area (Å²) in [5.41, 5.74) is 3.09. The summed E-state index contributed by atoms with van der Waals surface area (Å²) in [6.07, 6.45) is 0. The van der Waals surface area contributed by atoms with E-state index < -0.39 is 0 Å². The van der Waals surface area contributed by atoms with Crippen molar-refractivity contribution in [2.75, 3.05) is 12.4 Å². The minimum atomic E-state index is 0.222. The third-order valence-electron chi connectivity index (χ3n) is 1.96. The highest BCUT2D eigenvalue weighted by Gasteiger charge is 1.99. The number of nitrogens with zero attached hydrogens (tertiary/aromatic N) is 1. The van der Waals surface area contributed by atoms with Crippen LogP contribution in [0.15, 0.2) is 18.2 Å². The third kappa shape index (κ3) is 3.06. The molecule has 1 aromatic rings. The molecule has 0 spiro atoms. The van der Waals surface area contributed by atoms with E-state index in [0.29, 0.717) is 5.56 Å². The number of hydrogen-bond acceptors (Lipinski definition) is 3. The Hall–Kier alpha value is -0.980. The molecule has 0 saturated heterocycles. The van der Waals surface area contributed by atoms with Crippen LogP contribution in [0.25, 0.3) is 0 Å². The molecule has 1 N–H and O–H groups in total. The molecular formula is C11H13NOS. The van der Waals surface area contributed by atoms with Gasteiger partial charge >= 0.3 is 0 Å². The molecule has 0 heterocycles. The van der Waals surface area contributed by atoms with Crippen molar-refractivity contribution in [2.24, 2.45) is 0 Å². The minimum absolute atomic E-state index is 0.222. The molecule has 1 aromatic carbocycles. The van der Waals surface area contributed by atoms with Gasteiger partial charge in [0.25, 0.3) is 0 Å². The van der Waals surface area contributed by atoms with Crippen LogP contribution in [0.4, 0.5) is 0 Å². The molecule has 74 valence electrons. The molecule has 0 radical (unpaired) electrons. The molecular weight excluding hydrogens is 194 g/mol. The number of aliphatic hydroxyl groups excluding tert-OH is 1. The van der Waals surface area contributed by atoms with Gasteiger partial charge < -0.3 is 5.11 Å². The average Bonchev–Trinajstić information content (AvgIpc) is 2.20. The van der Waals surface area contributed by atoms with E-state index in [1.54, 1.807) is 11.8 Å². The van der Waals surface area contributed by atoms with E-state index in [9.17, 15) is 0 Å². The molecule has 0 bridgehead atoms. The second kappa shape index (κ2) is 5.69. The van der Waals surface area contributed by atoms with Crippen LogP contribution >= 0.6 is 11.8 Å². The Morgan fingerprint density at radius 3 is 2.86 bits per heavy atom. The van der Waals surface area contributed by atoms with Crippen LogP contribution in [0.1, 0.15) is 16.7 Å². The van der Waals surface area contributed by atoms with Crippen LogP contribution in [0.2, 0.25) is 0 Å². The fourth-order valence-corrected chi connectivity index (χ4v) is 1.99. The van der Waals surface area contributed by atoms with Crippen molar-refractivity contribution in [1.29, 1.82) is 5.26 Å². The topological polar surface area (TPSA) is 44.0 Å². The predicted molar refractivity (Wildman–Crippen MR) is 59.1 cm³/mol. The van der Waals surface area contributed by atoms with Crippen LogP contribution in [-0.4, -0.2) is 17.5 Å². The van der Waals surface area contributed by atoms with E-state index in [1.807, 2.05) is 25.1 Å². The Morgan fingerprint density at radius 2 is 2.29 bits per heavy atom. The standard InChI is InChI=1S/C11H13NOS/c1-9-6-10(7-12)2-3-11(9)8-14-5-4-13/h2-3,6,13H,4-5,8H2,1H3. The lowest BCUT2D eigenvalue weighted by Crippen LogP contribution is -1.91. The monoisotopic (exact) mass is 207 g/mol. The second-order valence-corrected chi connectivity index (χ2v) is 4.13. The first kappa shape index (κ1) is 11.1. The number of hydrogen-bond donors (Lipinski definition) is 1. The maximum absolute atomic E-state index is 8.68. The maximum Gasteiger partial charge on any atom is 0.0991 e. The van der Waals surface area contributed by atoms with Crippen molar-refractivity contribution >= 4 is 11.8 Å². The predicted octanol–water partition coefficient (Wildman–Crippen LogP) is 2.09. The summed E-state index contributed by atoms with van der Waals surface area (Å²) in [4.78, 5) is 0. The molecule has 0 unspecified atom stereocenters. The fraction of sp³-hybridized carbons (Fsp3) is 0.364. The Morgan fingerprint density at radius 1 is 1.50 bits per heavy atom. The highest BCUT2D eigenvalue weighted by molar-refractivity contribution is 7.98. The van der Waals surface area contributed by atoms with E-state index in [4.69, 9.17) is 10.4 Å². The van der Waals surface area contributed by atoms with Crippen molar-refractivity contribution in [2.45, 2.75) is 12.7 Å². The molecule has 0 fully saturated rings. The summed E-state index contributed by atoms with van der Waals surface area (Å²) in [6, 6.07) is 7.83. The first-order chi connectivity index (χ1) is 6.77. The summed E-state index contributed by atoms with van der Waals surface area (Å²) in [5, 5.41) is 17.3. The SMILES string of the molecule is Cc1cc(C#N)ccc1CSCCO. The van der Waals surface area contributed by atoms with Crippen molar-refractivity contribution in [3.8, 4) is 6.07 Å². The molecule has 2 nitrogen and oxygen atoms in total. The largest absolute Gasteiger partial charge is 0.396 e. The number of nitriles is 1. The van der Waals surface area contributed by atoms with Gasteiger partial charge in [0.15, 0.2) is 0 Å². The van der Waals surface area contributed by atoms with E-state index in [-0.39, 0.29) is 6.61 Å². The van der Waals surface area contributed by atoms with Crippen LogP contribution in [0.3, 0.4) is 0 Å². The number of rotatable bonds is 4. The van der Waals surface area contributed by atoms with Crippen LogP contribution < -0.4 is 0 Å². The van der Waals surface area contributed by atoms with Gasteiger partial charge in [-0.1, -0.05) is 6.07 Å². The molecule has 1 rings (SSSR count). The summed E-state index contributed by atoms with van der Waals surface area (Å²) in [6.45, 7) is 2.23. The normalized spacial score (nSPS) is 9.79. The van der Waals surface area contributed by atoms with Gasteiger partial charge in [-0.05, 0) is 30.2 Å². The molecule has 0 aliphatic rings. The van der Waals surface area contributed by atoms with Crippen LogP contribution in [-0.2, 0) is 5.75 Å². The molecule has 0 atom stereocenters. The molecule has 3 heteroatoms. The van der Waals surface area contributed by atoms with Crippen molar-refractivity contribution in [3.05, 3.63) is 34.9 Å². The molecule has 0 amide bonds. The molecule has 0 aliphatic carbocycles. The lowest BCUT2D eigenvalue weighted by molar-refractivity contribution is 0.322. The lowest BCUT2D eigenvalue weighted by atomic mass is 10.1. The Bertz CT molecular complexity index is 344.